The van der Waals surface area contributed by atoms with Crippen molar-refractivity contribution in [1.82, 2.24) is 4.98 Å². The fraction of sp³-hybridized carbons (Fsp3) is 0.158. The first kappa shape index (κ1) is 16.2. The fourth-order valence-electron chi connectivity index (χ4n) is 3.69. The maximum Gasteiger partial charge on any atom is 0.316 e. The number of nitrogens with one attached hydrogen (secondary N) is 1. The van der Waals surface area contributed by atoms with Crippen LogP contribution in [0.15, 0.2) is 58.4 Å². The molecule has 26 heavy (non-hydrogen) atoms. The van der Waals surface area contributed by atoms with E-state index >= 15 is 0 Å². The zero-order valence-corrected chi connectivity index (χ0v) is 15.7. The van der Waals surface area contributed by atoms with E-state index in [2.05, 4.69) is 4.98 Å². The van der Waals surface area contributed by atoms with Gasteiger partial charge in [0.15, 0.2) is 0 Å². The van der Waals surface area contributed by atoms with Crippen molar-refractivity contribution in [3.8, 4) is 5.75 Å². The lowest BCUT2D eigenvalue weighted by molar-refractivity contribution is -0.140. The van der Waals surface area contributed by atoms with Gasteiger partial charge in [0.2, 0.25) is 0 Å². The minimum absolute atomic E-state index is 0.102. The molecule has 0 radical (unpaired) electrons. The van der Waals surface area contributed by atoms with Crippen LogP contribution < -0.4 is 9.61 Å². The summed E-state index contributed by atoms with van der Waals surface area (Å²) in [7, 11) is 0. The lowest BCUT2D eigenvalue weighted by atomic mass is 9.78. The Balaban J connectivity index is 1.73. The van der Waals surface area contributed by atoms with E-state index in [1.54, 1.807) is 6.07 Å². The first-order valence-corrected chi connectivity index (χ1v) is 10.1. The number of halogens is 1. The summed E-state index contributed by atoms with van der Waals surface area (Å²) in [6.07, 6.45) is 0. The molecule has 0 aliphatic carbocycles. The van der Waals surface area contributed by atoms with Gasteiger partial charge in [-0.25, -0.2) is 0 Å². The molecule has 3 heterocycles. The SMILES string of the molecule is O=C1Oc2ccccc2[C@H]2c3sc(=O)[nH]c3SC(c3ccc(Cl)cc3)[C@@H]12. The van der Waals surface area contributed by atoms with Gasteiger partial charge in [0.05, 0.1) is 16.2 Å². The average Bonchev–Trinajstić information content (AvgIpc) is 3.01. The molecule has 0 saturated carbocycles. The van der Waals surface area contributed by atoms with Crippen molar-refractivity contribution in [3.05, 3.63) is 79.2 Å². The van der Waals surface area contributed by atoms with Crippen LogP contribution in [-0.2, 0) is 4.79 Å². The molecular formula is C19H12ClNO3S2. The summed E-state index contributed by atoms with van der Waals surface area (Å²) in [6.45, 7) is 0. The van der Waals surface area contributed by atoms with Crippen LogP contribution in [-0.4, -0.2) is 11.0 Å². The van der Waals surface area contributed by atoms with Crippen molar-refractivity contribution < 1.29 is 9.53 Å². The van der Waals surface area contributed by atoms with Crippen LogP contribution in [0.4, 0.5) is 0 Å². The molecule has 3 atom stereocenters. The van der Waals surface area contributed by atoms with Crippen molar-refractivity contribution in [3.63, 3.8) is 0 Å². The molecule has 130 valence electrons. The van der Waals surface area contributed by atoms with Crippen molar-refractivity contribution in [2.75, 3.05) is 0 Å². The molecule has 7 heteroatoms. The second-order valence-electron chi connectivity index (χ2n) is 6.26. The zero-order chi connectivity index (χ0) is 17.8. The number of aromatic nitrogens is 1. The zero-order valence-electron chi connectivity index (χ0n) is 13.3. The summed E-state index contributed by atoms with van der Waals surface area (Å²) in [6, 6.07) is 15.1. The topological polar surface area (TPSA) is 59.2 Å². The van der Waals surface area contributed by atoms with Gasteiger partial charge in [0.1, 0.15) is 5.75 Å². The first-order valence-electron chi connectivity index (χ1n) is 8.07. The van der Waals surface area contributed by atoms with Crippen LogP contribution in [0.5, 0.6) is 5.75 Å². The Bertz CT molecular complexity index is 1070. The van der Waals surface area contributed by atoms with Crippen molar-refractivity contribution in [2.45, 2.75) is 16.2 Å². The highest BCUT2D eigenvalue weighted by Gasteiger charge is 2.49. The van der Waals surface area contributed by atoms with E-state index in [0.29, 0.717) is 10.8 Å². The van der Waals surface area contributed by atoms with Crippen LogP contribution in [0.1, 0.15) is 27.2 Å². The van der Waals surface area contributed by atoms with Gasteiger partial charge in [-0.15, -0.1) is 0 Å². The lowest BCUT2D eigenvalue weighted by Gasteiger charge is -2.39. The van der Waals surface area contributed by atoms with E-state index in [9.17, 15) is 9.59 Å². The molecule has 1 N–H and O–H groups in total. The summed E-state index contributed by atoms with van der Waals surface area (Å²) in [5.74, 6) is -0.261. The molecule has 2 aliphatic heterocycles. The van der Waals surface area contributed by atoms with Crippen molar-refractivity contribution in [1.29, 1.82) is 0 Å². The predicted octanol–water partition coefficient (Wildman–Crippen LogP) is 4.60. The van der Waals surface area contributed by atoms with Gasteiger partial charge in [-0.2, -0.15) is 0 Å². The van der Waals surface area contributed by atoms with Gasteiger partial charge in [-0.1, -0.05) is 65.0 Å². The molecule has 0 saturated heterocycles. The van der Waals surface area contributed by atoms with Crippen LogP contribution in [0.25, 0.3) is 0 Å². The Morgan fingerprint density at radius 1 is 1.04 bits per heavy atom. The third kappa shape index (κ3) is 2.44. The number of carbonyl (C=O) groups is 1. The second kappa shape index (κ2) is 6.01. The number of H-pyrrole nitrogens is 1. The number of aromatic amines is 1. The molecule has 1 aromatic heterocycles. The quantitative estimate of drug-likeness (QED) is 0.478. The molecule has 3 aromatic rings. The maximum atomic E-state index is 12.9. The number of esters is 1. The van der Waals surface area contributed by atoms with Crippen molar-refractivity contribution >= 4 is 40.7 Å². The highest BCUT2D eigenvalue weighted by molar-refractivity contribution is 7.99. The average molecular weight is 402 g/mol. The summed E-state index contributed by atoms with van der Waals surface area (Å²) < 4.78 is 5.64. The lowest BCUT2D eigenvalue weighted by Crippen LogP contribution is -2.37. The van der Waals surface area contributed by atoms with Crippen LogP contribution in [0.3, 0.4) is 0 Å². The molecule has 4 nitrogen and oxygen atoms in total. The molecule has 1 unspecified atom stereocenters. The third-order valence-corrected chi connectivity index (χ3v) is 7.51. The number of thiazole rings is 1. The van der Waals surface area contributed by atoms with Gasteiger partial charge in [0, 0.05) is 21.4 Å². The Morgan fingerprint density at radius 2 is 1.81 bits per heavy atom. The normalized spacial score (nSPS) is 23.6. The number of rotatable bonds is 1. The van der Waals surface area contributed by atoms with Gasteiger partial charge < -0.3 is 9.72 Å². The largest absolute Gasteiger partial charge is 0.426 e. The standard InChI is InChI=1S/C19H12ClNO3S2/c20-10-7-5-9(6-8-10)15-14-13(16-17(25-15)21-19(23)26-16)11-3-1-2-4-12(11)24-18(14)22/h1-8,13-15H,(H,21,23)/t13-,14+,15?/m1/s1. The van der Waals surface area contributed by atoms with Gasteiger partial charge >= 0.3 is 10.8 Å². The fourth-order valence-corrected chi connectivity index (χ4v) is 6.40. The van der Waals surface area contributed by atoms with E-state index < -0.39 is 5.92 Å². The summed E-state index contributed by atoms with van der Waals surface area (Å²) in [5, 5.41) is 1.33. The Hall–Kier alpha value is -2.02. The Morgan fingerprint density at radius 3 is 2.62 bits per heavy atom. The van der Waals surface area contributed by atoms with Crippen LogP contribution in [0, 0.1) is 5.92 Å². The Kier molecular flexibility index (Phi) is 3.74. The smallest absolute Gasteiger partial charge is 0.316 e. The molecule has 2 aliphatic rings. The van der Waals surface area contributed by atoms with Crippen LogP contribution in [0.2, 0.25) is 5.02 Å². The van der Waals surface area contributed by atoms with E-state index in [4.69, 9.17) is 16.3 Å². The number of ether oxygens (including phenoxy) is 1. The van der Waals surface area contributed by atoms with Gasteiger partial charge in [-0.3, -0.25) is 9.59 Å². The molecule has 0 amide bonds. The number of benzene rings is 2. The van der Waals surface area contributed by atoms with Gasteiger partial charge in [0.25, 0.3) is 0 Å². The third-order valence-electron chi connectivity index (χ3n) is 4.79. The second-order valence-corrected chi connectivity index (χ2v) is 8.86. The van der Waals surface area contributed by atoms with E-state index in [1.165, 1.54) is 23.1 Å². The van der Waals surface area contributed by atoms with E-state index in [0.717, 1.165) is 21.0 Å². The maximum absolute atomic E-state index is 12.9. The molecule has 0 bridgehead atoms. The molecular weight excluding hydrogens is 390 g/mol. The minimum Gasteiger partial charge on any atom is -0.426 e. The predicted molar refractivity (Wildman–Crippen MR) is 102 cm³/mol. The van der Waals surface area contributed by atoms with Crippen LogP contribution >= 0.6 is 34.7 Å². The Labute approximate surface area is 162 Å². The number of hydrogen-bond donors (Lipinski definition) is 1. The van der Waals surface area contributed by atoms with E-state index in [-0.39, 0.29) is 22.0 Å². The first-order chi connectivity index (χ1) is 12.6. The number of fused-ring (bicyclic) bond motifs is 5. The summed E-state index contributed by atoms with van der Waals surface area (Å²) in [4.78, 5) is 28.7. The number of hydrogen-bond acceptors (Lipinski definition) is 5. The number of thioether (sulfide) groups is 1. The highest BCUT2D eigenvalue weighted by Crippen LogP contribution is 2.58. The molecule has 5 rings (SSSR count). The highest BCUT2D eigenvalue weighted by atomic mass is 35.5. The van der Waals surface area contributed by atoms with Gasteiger partial charge in [-0.05, 0) is 23.8 Å². The molecule has 0 spiro atoms. The van der Waals surface area contributed by atoms with Crippen molar-refractivity contribution in [2.24, 2.45) is 5.92 Å². The number of carbonyl (C=O) groups excluding carboxylic acids is 1. The summed E-state index contributed by atoms with van der Waals surface area (Å²) in [5.41, 5.74) is 1.94. The molecule has 2 aromatic carbocycles. The minimum atomic E-state index is -0.393. The monoisotopic (exact) mass is 401 g/mol. The number of para-hydroxylation sites is 1. The molecule has 0 fully saturated rings. The van der Waals surface area contributed by atoms with E-state index in [1.807, 2.05) is 42.5 Å². The summed E-state index contributed by atoms with van der Waals surface area (Å²) >= 11 is 8.72.